The van der Waals surface area contributed by atoms with Crippen LogP contribution in [0.3, 0.4) is 0 Å². The molecule has 47 heavy (non-hydrogen) atoms. The normalized spacial score (nSPS) is 27.7. The third kappa shape index (κ3) is 9.01. The van der Waals surface area contributed by atoms with E-state index in [1.165, 1.54) is 0 Å². The lowest BCUT2D eigenvalue weighted by Crippen LogP contribution is -2.54. The molecule has 14 heteroatoms. The number of rotatable bonds is 17. The fourth-order valence-electron chi connectivity index (χ4n) is 7.59. The van der Waals surface area contributed by atoms with Crippen molar-refractivity contribution in [3.8, 4) is 0 Å². The van der Waals surface area contributed by atoms with E-state index >= 15 is 0 Å². The summed E-state index contributed by atoms with van der Waals surface area (Å²) in [5.41, 5.74) is -0.399. The molecule has 1 saturated carbocycles. The highest BCUT2D eigenvalue weighted by molar-refractivity contribution is 5.84. The molecule has 266 valence electrons. The second-order valence-electron chi connectivity index (χ2n) is 12.8. The molecule has 0 spiro atoms. The fraction of sp³-hybridized carbons (Fsp3) is 0.818. The van der Waals surface area contributed by atoms with Crippen molar-refractivity contribution in [3.63, 3.8) is 0 Å². The summed E-state index contributed by atoms with van der Waals surface area (Å²) in [5.74, 6) is -0.0202. The minimum atomic E-state index is -4.48. The van der Waals surface area contributed by atoms with Crippen molar-refractivity contribution in [1.29, 1.82) is 0 Å². The van der Waals surface area contributed by atoms with Gasteiger partial charge in [0.2, 0.25) is 5.91 Å². The Balaban J connectivity index is 1.19. The second-order valence-corrected chi connectivity index (χ2v) is 12.8. The zero-order valence-electron chi connectivity index (χ0n) is 27.6. The molecule has 11 nitrogen and oxygen atoms in total. The maximum absolute atomic E-state index is 14.3. The Morgan fingerprint density at radius 2 is 1.83 bits per heavy atom. The standard InChI is InChI=1S/C33H50F3N3O8/c1-41-12-13-44-16-17-45-15-14-43-9-3-7-39(28-5-10-46-23-29(28)42-2)26-19-30-32(20-26,6-11-47-30)31(40)38-8-4-27-24(22-38)18-25(21-37-27)33(34,35)36/h18,21,26,28-30H,3-17,19-20,22-23H2,1-2H3. The Hall–Kier alpha value is -1.91. The largest absolute Gasteiger partial charge is 0.417 e. The van der Waals surface area contributed by atoms with E-state index < -0.39 is 17.2 Å². The van der Waals surface area contributed by atoms with Gasteiger partial charge in [0.25, 0.3) is 0 Å². The average Bonchev–Trinajstić information content (AvgIpc) is 3.64. The Labute approximate surface area is 275 Å². The summed E-state index contributed by atoms with van der Waals surface area (Å²) >= 11 is 0. The van der Waals surface area contributed by atoms with Gasteiger partial charge in [0.1, 0.15) is 0 Å². The van der Waals surface area contributed by atoms with Crippen LogP contribution < -0.4 is 0 Å². The van der Waals surface area contributed by atoms with Crippen LogP contribution in [0.2, 0.25) is 0 Å². The zero-order valence-corrected chi connectivity index (χ0v) is 27.6. The molecular weight excluding hydrogens is 623 g/mol. The van der Waals surface area contributed by atoms with E-state index in [2.05, 4.69) is 9.88 Å². The minimum Gasteiger partial charge on any atom is -0.382 e. The third-order valence-corrected chi connectivity index (χ3v) is 10.00. The van der Waals surface area contributed by atoms with Crippen LogP contribution >= 0.6 is 0 Å². The van der Waals surface area contributed by atoms with Crippen LogP contribution in [-0.2, 0) is 57.1 Å². The van der Waals surface area contributed by atoms with Crippen molar-refractivity contribution in [1.82, 2.24) is 14.8 Å². The molecule has 3 fully saturated rings. The molecule has 1 amide bonds. The van der Waals surface area contributed by atoms with Crippen molar-refractivity contribution >= 4 is 5.91 Å². The Kier molecular flexibility index (Phi) is 13.3. The molecule has 5 unspecified atom stereocenters. The Morgan fingerprint density at radius 3 is 2.55 bits per heavy atom. The van der Waals surface area contributed by atoms with Crippen molar-refractivity contribution < 1.29 is 51.1 Å². The summed E-state index contributed by atoms with van der Waals surface area (Å²) in [6, 6.07) is 1.35. The lowest BCUT2D eigenvalue weighted by molar-refractivity contribution is -0.145. The molecular formula is C33H50F3N3O8. The highest BCUT2D eigenvalue weighted by atomic mass is 19.4. The molecule has 0 aromatic carbocycles. The maximum Gasteiger partial charge on any atom is 0.417 e. The lowest BCUT2D eigenvalue weighted by Gasteiger charge is -2.43. The van der Waals surface area contributed by atoms with Crippen molar-refractivity contribution in [2.45, 2.75) is 75.5 Å². The molecule has 5 atom stereocenters. The van der Waals surface area contributed by atoms with Gasteiger partial charge >= 0.3 is 6.18 Å². The predicted molar refractivity (Wildman–Crippen MR) is 164 cm³/mol. The first-order valence-electron chi connectivity index (χ1n) is 16.8. The number of carbonyl (C=O) groups is 1. The number of nitrogens with zero attached hydrogens (tertiary/aromatic N) is 3. The highest BCUT2D eigenvalue weighted by Gasteiger charge is 2.59. The number of hydrogen-bond acceptors (Lipinski definition) is 10. The van der Waals surface area contributed by atoms with E-state index in [4.69, 9.17) is 33.2 Å². The molecule has 0 N–H and O–H groups in total. The number of halogens is 3. The number of fused-ring (bicyclic) bond motifs is 2. The molecule has 3 aliphatic heterocycles. The van der Waals surface area contributed by atoms with Gasteiger partial charge < -0.3 is 38.1 Å². The van der Waals surface area contributed by atoms with Gasteiger partial charge in [-0.1, -0.05) is 0 Å². The second kappa shape index (κ2) is 17.1. The molecule has 2 saturated heterocycles. The highest BCUT2D eigenvalue weighted by Crippen LogP contribution is 2.51. The van der Waals surface area contributed by atoms with Gasteiger partial charge in [-0.15, -0.1) is 0 Å². The molecule has 0 radical (unpaired) electrons. The van der Waals surface area contributed by atoms with E-state index in [0.717, 1.165) is 31.6 Å². The summed E-state index contributed by atoms with van der Waals surface area (Å²) in [6.45, 7) is 6.66. The van der Waals surface area contributed by atoms with E-state index in [9.17, 15) is 18.0 Å². The van der Waals surface area contributed by atoms with E-state index in [-0.39, 0.29) is 36.7 Å². The topological polar surface area (TPSA) is 101 Å². The lowest BCUT2D eigenvalue weighted by atomic mass is 9.80. The number of ether oxygens (including phenoxy) is 7. The van der Waals surface area contributed by atoms with E-state index in [0.29, 0.717) is 110 Å². The van der Waals surface area contributed by atoms with Gasteiger partial charge in [-0.3, -0.25) is 14.7 Å². The summed E-state index contributed by atoms with van der Waals surface area (Å²) in [7, 11) is 3.35. The average molecular weight is 674 g/mol. The van der Waals surface area contributed by atoms with Crippen LogP contribution in [0, 0.1) is 5.41 Å². The monoisotopic (exact) mass is 673 g/mol. The SMILES string of the molecule is COCCOCCOCCOCCCN(C1CC2OCCC2(C(=O)N2CCc3ncc(C(F)(F)F)cc3C2)C1)C1CCOCC1OC. The molecule has 4 heterocycles. The molecule has 5 rings (SSSR count). The maximum atomic E-state index is 14.3. The van der Waals surface area contributed by atoms with Gasteiger partial charge in [-0.2, -0.15) is 13.2 Å². The number of pyridine rings is 1. The van der Waals surface area contributed by atoms with Crippen molar-refractivity contribution in [3.05, 3.63) is 29.1 Å². The smallest absolute Gasteiger partial charge is 0.382 e. The number of carbonyl (C=O) groups excluding carboxylic acids is 1. The number of amides is 1. The molecule has 1 aromatic heterocycles. The van der Waals surface area contributed by atoms with Crippen molar-refractivity contribution in [2.75, 3.05) is 93.4 Å². The molecule has 1 aromatic rings. The van der Waals surface area contributed by atoms with Gasteiger partial charge in [-0.05, 0) is 43.7 Å². The van der Waals surface area contributed by atoms with E-state index in [1.54, 1.807) is 19.1 Å². The Bertz CT molecular complexity index is 1150. The van der Waals surface area contributed by atoms with Crippen LogP contribution in [0.1, 0.15) is 48.9 Å². The fourth-order valence-corrected chi connectivity index (χ4v) is 7.59. The van der Waals surface area contributed by atoms with Gasteiger partial charge in [0, 0.05) is 84.1 Å². The summed E-state index contributed by atoms with van der Waals surface area (Å²) in [5, 5.41) is 0. The first kappa shape index (κ1) is 36.4. The summed E-state index contributed by atoms with van der Waals surface area (Å²) in [6.07, 6.45) is 0.0736. The van der Waals surface area contributed by atoms with Gasteiger partial charge in [0.15, 0.2) is 0 Å². The van der Waals surface area contributed by atoms with Gasteiger partial charge in [0.05, 0.1) is 69.4 Å². The van der Waals surface area contributed by atoms with Crippen LogP contribution in [-0.4, -0.2) is 138 Å². The summed E-state index contributed by atoms with van der Waals surface area (Å²) in [4.78, 5) is 22.6. The van der Waals surface area contributed by atoms with Crippen LogP contribution in [0.25, 0.3) is 0 Å². The quantitative estimate of drug-likeness (QED) is 0.230. The predicted octanol–water partition coefficient (Wildman–Crippen LogP) is 3.12. The first-order valence-corrected chi connectivity index (χ1v) is 16.8. The number of hydrogen-bond donors (Lipinski definition) is 0. The first-order chi connectivity index (χ1) is 22.8. The van der Waals surface area contributed by atoms with Crippen LogP contribution in [0.5, 0.6) is 0 Å². The molecule has 0 bridgehead atoms. The summed E-state index contributed by atoms with van der Waals surface area (Å²) < 4.78 is 79.9. The van der Waals surface area contributed by atoms with E-state index in [1.807, 2.05) is 0 Å². The number of alkyl halides is 3. The molecule has 4 aliphatic rings. The third-order valence-electron chi connectivity index (χ3n) is 10.00. The zero-order chi connectivity index (χ0) is 33.3. The van der Waals surface area contributed by atoms with Crippen LogP contribution in [0.4, 0.5) is 13.2 Å². The van der Waals surface area contributed by atoms with Crippen molar-refractivity contribution in [2.24, 2.45) is 5.41 Å². The minimum absolute atomic E-state index is 0.0202. The Morgan fingerprint density at radius 1 is 1.09 bits per heavy atom. The molecule has 1 aliphatic carbocycles. The van der Waals surface area contributed by atoms with Gasteiger partial charge in [-0.25, -0.2) is 0 Å². The van der Waals surface area contributed by atoms with Crippen LogP contribution in [0.15, 0.2) is 12.3 Å². The number of aromatic nitrogens is 1. The number of methoxy groups -OCH3 is 2.